The van der Waals surface area contributed by atoms with Gasteiger partial charge in [-0.25, -0.2) is 4.39 Å². The Morgan fingerprint density at radius 1 is 1.15 bits per heavy atom. The molecule has 1 saturated heterocycles. The van der Waals surface area contributed by atoms with E-state index in [9.17, 15) is 40.2 Å². The molecule has 3 saturated carbocycles. The number of aliphatic hydroxyl groups excluding tert-OH is 5. The molecule has 0 aromatic rings. The highest BCUT2D eigenvalue weighted by molar-refractivity contribution is 6.01. The van der Waals surface area contributed by atoms with Crippen molar-refractivity contribution >= 4 is 11.6 Å². The molecule has 1 heterocycles. The molecule has 0 radical (unpaired) electrons. The number of rotatable bonds is 5. The number of halogens is 1. The molecule has 0 unspecified atom stereocenters. The Hall–Kier alpha value is -1.57. The maximum Gasteiger partial charge on any atom is 0.190 e. The van der Waals surface area contributed by atoms with Crippen molar-refractivity contribution in [1.29, 1.82) is 0 Å². The smallest absolute Gasteiger partial charge is 0.190 e. The van der Waals surface area contributed by atoms with Gasteiger partial charge in [-0.05, 0) is 56.6 Å². The molecule has 39 heavy (non-hydrogen) atoms. The second-order valence-electron chi connectivity index (χ2n) is 12.6. The summed E-state index contributed by atoms with van der Waals surface area (Å²) in [6.07, 6.45) is -4.37. The lowest BCUT2D eigenvalue weighted by Gasteiger charge is -2.63. The third-order valence-electron chi connectivity index (χ3n) is 10.9. The molecule has 0 bridgehead atoms. The van der Waals surface area contributed by atoms with Gasteiger partial charge in [0.15, 0.2) is 23.5 Å². The van der Waals surface area contributed by atoms with Crippen LogP contribution in [0, 0.1) is 28.6 Å². The van der Waals surface area contributed by atoms with Crippen molar-refractivity contribution in [3.05, 3.63) is 23.8 Å². The van der Waals surface area contributed by atoms with E-state index in [-0.39, 0.29) is 12.2 Å². The highest BCUT2D eigenvalue weighted by Gasteiger charge is 2.76. The number of hydrogen-bond donors (Lipinski definition) is 6. The van der Waals surface area contributed by atoms with Crippen LogP contribution in [0.2, 0.25) is 0 Å². The van der Waals surface area contributed by atoms with E-state index in [1.807, 2.05) is 0 Å². The zero-order valence-electron chi connectivity index (χ0n) is 22.4. The van der Waals surface area contributed by atoms with Crippen LogP contribution >= 0.6 is 0 Å². The van der Waals surface area contributed by atoms with E-state index in [2.05, 4.69) is 0 Å². The van der Waals surface area contributed by atoms with Crippen molar-refractivity contribution in [2.45, 2.75) is 94.5 Å². The maximum absolute atomic E-state index is 18.2. The summed E-state index contributed by atoms with van der Waals surface area (Å²) in [5, 5.41) is 62.6. The molecule has 0 aromatic carbocycles. The molecular formula is C28H39FO10. The average Bonchev–Trinajstić information content (AvgIpc) is 3.10. The van der Waals surface area contributed by atoms with Gasteiger partial charge in [-0.3, -0.25) is 9.59 Å². The summed E-state index contributed by atoms with van der Waals surface area (Å²) in [5.74, 6) is -2.82. The first kappa shape index (κ1) is 28.9. The minimum atomic E-state index is -2.19. The molecule has 4 fully saturated rings. The van der Waals surface area contributed by atoms with Crippen LogP contribution in [0.25, 0.3) is 0 Å². The number of ketones is 2. The quantitative estimate of drug-likeness (QED) is 0.265. The molecule has 5 aliphatic rings. The Labute approximate surface area is 226 Å². The van der Waals surface area contributed by atoms with Gasteiger partial charge in [0.1, 0.15) is 36.6 Å². The van der Waals surface area contributed by atoms with E-state index >= 15 is 4.39 Å². The molecule has 10 nitrogen and oxygen atoms in total. The zero-order valence-corrected chi connectivity index (χ0v) is 22.4. The standard InChI is InChI=1S/C28H39FO10/c1-13-8-17-16-5-4-14-9-15(32)6-7-25(14,2)27(16,29)20(10-26(17,3)28(13,37)19(33)12-31)39-24-23(36)22(35)21(34)18(11-30)38-24/h6-7,9,13,16-18,20-24,30-31,34-37H,4-5,8,10-12H2,1-3H3/t13-,16+,17+,18-,20+,21+,22+,23-,24+,25+,26+,27+,28+/m1/s1. The van der Waals surface area contributed by atoms with Crippen LogP contribution in [0.15, 0.2) is 23.8 Å². The van der Waals surface area contributed by atoms with E-state index < -0.39 is 95.7 Å². The minimum Gasteiger partial charge on any atom is -0.394 e. The summed E-state index contributed by atoms with van der Waals surface area (Å²) < 4.78 is 29.9. The number of fused-ring (bicyclic) bond motifs is 5. The van der Waals surface area contributed by atoms with E-state index in [1.54, 1.807) is 20.8 Å². The number of carbonyl (C=O) groups excluding carboxylic acids is 2. The number of ether oxygens (including phenoxy) is 2. The summed E-state index contributed by atoms with van der Waals surface area (Å²) in [6.45, 7) is 3.51. The van der Waals surface area contributed by atoms with Crippen LogP contribution < -0.4 is 0 Å². The van der Waals surface area contributed by atoms with Crippen LogP contribution in [0.4, 0.5) is 4.39 Å². The van der Waals surface area contributed by atoms with Gasteiger partial charge in [0.2, 0.25) is 0 Å². The molecule has 0 aromatic heterocycles. The summed E-state index contributed by atoms with van der Waals surface area (Å²) in [5.41, 5.74) is -6.09. The van der Waals surface area contributed by atoms with Gasteiger partial charge in [0.05, 0.1) is 12.7 Å². The van der Waals surface area contributed by atoms with Gasteiger partial charge in [-0.1, -0.05) is 25.5 Å². The molecule has 0 spiro atoms. The van der Waals surface area contributed by atoms with Crippen molar-refractivity contribution in [1.82, 2.24) is 0 Å². The molecule has 0 amide bonds. The first-order chi connectivity index (χ1) is 18.2. The van der Waals surface area contributed by atoms with Gasteiger partial charge >= 0.3 is 0 Å². The van der Waals surface area contributed by atoms with Crippen LogP contribution in [-0.4, -0.2) is 103 Å². The Morgan fingerprint density at radius 3 is 2.49 bits per heavy atom. The third kappa shape index (κ3) is 3.67. The predicted molar refractivity (Wildman–Crippen MR) is 133 cm³/mol. The Bertz CT molecular complexity index is 1090. The van der Waals surface area contributed by atoms with Gasteiger partial charge in [0, 0.05) is 16.7 Å². The van der Waals surface area contributed by atoms with Crippen molar-refractivity contribution in [2.24, 2.45) is 28.6 Å². The molecule has 5 rings (SSSR count). The van der Waals surface area contributed by atoms with Crippen LogP contribution in [0.1, 0.15) is 46.5 Å². The van der Waals surface area contributed by atoms with Crippen molar-refractivity contribution in [3.8, 4) is 0 Å². The minimum absolute atomic E-state index is 0.197. The molecule has 218 valence electrons. The molecule has 4 aliphatic carbocycles. The second kappa shape index (κ2) is 9.49. The normalized spacial score (nSPS) is 53.0. The molecule has 1 aliphatic heterocycles. The maximum atomic E-state index is 18.2. The zero-order chi connectivity index (χ0) is 28.7. The Kier molecular flexibility index (Phi) is 7.04. The Balaban J connectivity index is 1.63. The van der Waals surface area contributed by atoms with E-state index in [0.717, 1.165) is 0 Å². The highest BCUT2D eigenvalue weighted by Crippen LogP contribution is 2.71. The molecule has 6 N–H and O–H groups in total. The van der Waals surface area contributed by atoms with Crippen LogP contribution in [-0.2, 0) is 19.1 Å². The molecule has 13 atom stereocenters. The number of alkyl halides is 1. The summed E-state index contributed by atoms with van der Waals surface area (Å²) in [4.78, 5) is 25.3. The molecular weight excluding hydrogens is 515 g/mol. The van der Waals surface area contributed by atoms with Gasteiger partial charge < -0.3 is 40.1 Å². The monoisotopic (exact) mass is 554 g/mol. The van der Waals surface area contributed by atoms with E-state index in [0.29, 0.717) is 24.8 Å². The number of carbonyl (C=O) groups is 2. The van der Waals surface area contributed by atoms with Crippen LogP contribution in [0.5, 0.6) is 0 Å². The Morgan fingerprint density at radius 2 is 1.85 bits per heavy atom. The fourth-order valence-electron chi connectivity index (χ4n) is 8.71. The fraction of sp³-hybridized carbons (Fsp3) is 0.786. The fourth-order valence-corrected chi connectivity index (χ4v) is 8.71. The number of allylic oxidation sites excluding steroid dienone is 4. The van der Waals surface area contributed by atoms with Crippen molar-refractivity contribution in [3.63, 3.8) is 0 Å². The first-order valence-corrected chi connectivity index (χ1v) is 13.7. The predicted octanol–water partition coefficient (Wildman–Crippen LogP) is -0.280. The van der Waals surface area contributed by atoms with Crippen molar-refractivity contribution < 1.29 is 54.1 Å². The third-order valence-corrected chi connectivity index (χ3v) is 10.9. The second-order valence-corrected chi connectivity index (χ2v) is 12.6. The lowest BCUT2D eigenvalue weighted by Crippen LogP contribution is -2.71. The highest BCUT2D eigenvalue weighted by atomic mass is 19.1. The van der Waals surface area contributed by atoms with E-state index in [4.69, 9.17) is 9.47 Å². The number of hydrogen-bond acceptors (Lipinski definition) is 10. The SMILES string of the molecule is C[C@@H]1C[C@H]2[C@@H]3CCC4=CC(=O)C=C[C@]4(C)[C@@]3(F)[C@@H](O[C@@H]3O[C@H](CO)[C@H](O)[C@H](O)[C@H]3O)C[C@]2(C)[C@@]1(O)C(=O)CO. The van der Waals surface area contributed by atoms with E-state index in [1.165, 1.54) is 18.2 Å². The summed E-state index contributed by atoms with van der Waals surface area (Å²) >= 11 is 0. The van der Waals surface area contributed by atoms with Gasteiger partial charge in [0.25, 0.3) is 0 Å². The number of aliphatic hydroxyl groups is 6. The van der Waals surface area contributed by atoms with Crippen molar-refractivity contribution in [2.75, 3.05) is 13.2 Å². The molecule has 11 heteroatoms. The van der Waals surface area contributed by atoms with Gasteiger partial charge in [-0.2, -0.15) is 0 Å². The summed E-state index contributed by atoms with van der Waals surface area (Å²) in [7, 11) is 0. The lowest BCUT2D eigenvalue weighted by molar-refractivity contribution is -0.340. The largest absolute Gasteiger partial charge is 0.394 e. The van der Waals surface area contributed by atoms with Gasteiger partial charge in [-0.15, -0.1) is 0 Å². The average molecular weight is 555 g/mol. The number of Topliss-reactive ketones (excluding diaryl/α,β-unsaturated/α-hetero) is 1. The first-order valence-electron chi connectivity index (χ1n) is 13.7. The summed E-state index contributed by atoms with van der Waals surface area (Å²) in [6, 6.07) is 0. The van der Waals surface area contributed by atoms with Crippen LogP contribution in [0.3, 0.4) is 0 Å². The topological polar surface area (TPSA) is 174 Å². The lowest BCUT2D eigenvalue weighted by atomic mass is 9.44.